The minimum Gasteiger partial charge on any atom is -0.493 e. The second-order valence-corrected chi connectivity index (χ2v) is 11.4. The first-order valence-electron chi connectivity index (χ1n) is 14.5. The van der Waals surface area contributed by atoms with Crippen LogP contribution < -0.4 is 9.47 Å². The molecule has 0 bridgehead atoms. The lowest BCUT2D eigenvalue weighted by atomic mass is 9.69. The maximum atomic E-state index is 15.1. The van der Waals surface area contributed by atoms with Gasteiger partial charge in [-0.2, -0.15) is 17.6 Å². The molecule has 2 aliphatic carbocycles. The summed E-state index contributed by atoms with van der Waals surface area (Å²) in [4.78, 5) is 0. The predicted molar refractivity (Wildman–Crippen MR) is 141 cm³/mol. The molecular weight excluding hydrogens is 499 g/mol. The Hall–Kier alpha value is -2.05. The second kappa shape index (κ2) is 12.9. The molecule has 0 radical (unpaired) electrons. The van der Waals surface area contributed by atoms with E-state index in [1.54, 1.807) is 0 Å². The van der Waals surface area contributed by atoms with E-state index in [-0.39, 0.29) is 30.3 Å². The number of rotatable bonds is 10. The Morgan fingerprint density at radius 1 is 0.763 bits per heavy atom. The molecule has 0 atom stereocenters. The average Bonchev–Trinajstić information content (AvgIpc) is 2.90. The summed E-state index contributed by atoms with van der Waals surface area (Å²) in [5, 5.41) is -0.873. The maximum absolute atomic E-state index is 15.1. The lowest BCUT2D eigenvalue weighted by Crippen LogP contribution is -2.27. The quantitative estimate of drug-likeness (QED) is 0.220. The van der Waals surface area contributed by atoms with Gasteiger partial charge in [0.25, 0.3) is 0 Å². The molecule has 212 valence electrons. The van der Waals surface area contributed by atoms with Crippen LogP contribution in [-0.4, -0.2) is 13.2 Å². The maximum Gasteiger partial charge on any atom is 0.420 e. The Bertz CT molecular complexity index is 1050. The normalized spacial score (nSPS) is 24.5. The van der Waals surface area contributed by atoms with Crippen LogP contribution in [0.4, 0.5) is 22.0 Å². The molecule has 2 saturated carbocycles. The fourth-order valence-corrected chi connectivity index (χ4v) is 6.60. The van der Waals surface area contributed by atoms with Gasteiger partial charge in [0.05, 0.1) is 13.2 Å². The van der Waals surface area contributed by atoms with Gasteiger partial charge in [0.1, 0.15) is 11.3 Å². The van der Waals surface area contributed by atoms with Crippen LogP contribution >= 0.6 is 0 Å². The number of hydrogen-bond acceptors (Lipinski definition) is 2. The van der Waals surface area contributed by atoms with E-state index in [0.29, 0.717) is 6.42 Å². The standard InChI is InChI=1S/C31H41F5O2/c1-3-5-17-37-25-16-15-24-18-26(29(32)30(33)27(24)28(25)31(34,35)36)38-19-21-9-13-23(14-10-21)22-11-7-20(6-4-2)8-12-22/h15-16,18,20-23H,3-14,17,19H2,1-2H3. The highest BCUT2D eigenvalue weighted by molar-refractivity contribution is 5.90. The molecule has 7 heteroatoms. The largest absolute Gasteiger partial charge is 0.493 e. The molecule has 38 heavy (non-hydrogen) atoms. The third-order valence-corrected chi connectivity index (χ3v) is 8.77. The first kappa shape index (κ1) is 28.9. The summed E-state index contributed by atoms with van der Waals surface area (Å²) in [6.45, 7) is 4.45. The average molecular weight is 541 g/mol. The predicted octanol–water partition coefficient (Wildman–Crippen LogP) is 10.1. The van der Waals surface area contributed by atoms with Crippen LogP contribution in [-0.2, 0) is 6.18 Å². The third kappa shape index (κ3) is 6.74. The van der Waals surface area contributed by atoms with Gasteiger partial charge in [-0.05, 0) is 86.1 Å². The Kier molecular flexibility index (Phi) is 9.80. The third-order valence-electron chi connectivity index (χ3n) is 8.77. The molecule has 0 heterocycles. The first-order valence-corrected chi connectivity index (χ1v) is 14.5. The number of hydrogen-bond donors (Lipinski definition) is 0. The molecule has 0 N–H and O–H groups in total. The smallest absolute Gasteiger partial charge is 0.420 e. The van der Waals surface area contributed by atoms with Gasteiger partial charge in [-0.25, -0.2) is 4.39 Å². The van der Waals surface area contributed by atoms with E-state index >= 15 is 4.39 Å². The van der Waals surface area contributed by atoms with Crippen LogP contribution in [0, 0.1) is 35.3 Å². The Labute approximate surface area is 223 Å². The fraction of sp³-hybridized carbons (Fsp3) is 0.677. The number of halogens is 5. The molecule has 2 fully saturated rings. The van der Waals surface area contributed by atoms with Crippen molar-refractivity contribution in [3.63, 3.8) is 0 Å². The van der Waals surface area contributed by atoms with Crippen molar-refractivity contribution in [3.8, 4) is 11.5 Å². The molecule has 4 rings (SSSR count). The van der Waals surface area contributed by atoms with E-state index in [0.717, 1.165) is 49.9 Å². The van der Waals surface area contributed by atoms with Crippen molar-refractivity contribution in [1.82, 2.24) is 0 Å². The SMILES string of the molecule is CCCCOc1ccc2cc(OCC3CCC(C4CCC(CCC)CC4)CC3)c(F)c(F)c2c1C(F)(F)F. The first-order chi connectivity index (χ1) is 18.2. The van der Waals surface area contributed by atoms with Crippen LogP contribution in [0.2, 0.25) is 0 Å². The van der Waals surface area contributed by atoms with Crippen molar-refractivity contribution < 1.29 is 31.4 Å². The highest BCUT2D eigenvalue weighted by Crippen LogP contribution is 2.45. The summed E-state index contributed by atoms with van der Waals surface area (Å²) in [6, 6.07) is 3.69. The highest BCUT2D eigenvalue weighted by atomic mass is 19.4. The van der Waals surface area contributed by atoms with Crippen molar-refractivity contribution in [1.29, 1.82) is 0 Å². The van der Waals surface area contributed by atoms with Gasteiger partial charge >= 0.3 is 6.18 Å². The van der Waals surface area contributed by atoms with Gasteiger partial charge in [0.15, 0.2) is 11.6 Å². The molecule has 2 aliphatic rings. The monoisotopic (exact) mass is 540 g/mol. The Morgan fingerprint density at radius 3 is 1.97 bits per heavy atom. The summed E-state index contributed by atoms with van der Waals surface area (Å²) in [6.07, 6.45) is 8.55. The van der Waals surface area contributed by atoms with E-state index in [4.69, 9.17) is 9.47 Å². The second-order valence-electron chi connectivity index (χ2n) is 11.4. The van der Waals surface area contributed by atoms with E-state index in [1.165, 1.54) is 56.7 Å². The molecular formula is C31H41F5O2. The molecule has 0 aliphatic heterocycles. The van der Waals surface area contributed by atoms with E-state index in [2.05, 4.69) is 6.92 Å². The Balaban J connectivity index is 1.41. The molecule has 0 unspecified atom stereocenters. The summed E-state index contributed by atoms with van der Waals surface area (Å²) >= 11 is 0. The van der Waals surface area contributed by atoms with Crippen molar-refractivity contribution in [3.05, 3.63) is 35.4 Å². The van der Waals surface area contributed by atoms with Crippen molar-refractivity contribution in [2.45, 2.75) is 97.1 Å². The number of ether oxygens (including phenoxy) is 2. The molecule has 0 spiro atoms. The van der Waals surface area contributed by atoms with Crippen LogP contribution in [0.3, 0.4) is 0 Å². The summed E-state index contributed by atoms with van der Waals surface area (Å²) in [5.41, 5.74) is -1.28. The minimum absolute atomic E-state index is 0.0588. The summed E-state index contributed by atoms with van der Waals surface area (Å²) < 4.78 is 82.8. The van der Waals surface area contributed by atoms with Crippen molar-refractivity contribution in [2.24, 2.45) is 23.7 Å². The number of alkyl halides is 3. The van der Waals surface area contributed by atoms with Gasteiger partial charge < -0.3 is 9.47 Å². The molecule has 0 aromatic heterocycles. The molecule has 0 saturated heterocycles. The molecule has 2 aromatic rings. The Morgan fingerprint density at radius 2 is 1.39 bits per heavy atom. The minimum atomic E-state index is -4.90. The van der Waals surface area contributed by atoms with Gasteiger partial charge in [-0.1, -0.05) is 52.0 Å². The lowest BCUT2D eigenvalue weighted by Gasteiger charge is -2.37. The lowest BCUT2D eigenvalue weighted by molar-refractivity contribution is -0.137. The molecule has 2 nitrogen and oxygen atoms in total. The molecule has 0 amide bonds. The summed E-state index contributed by atoms with van der Waals surface area (Å²) in [5.74, 6) is -1.08. The van der Waals surface area contributed by atoms with Crippen LogP contribution in [0.1, 0.15) is 96.5 Å². The van der Waals surface area contributed by atoms with E-state index in [9.17, 15) is 17.6 Å². The van der Waals surface area contributed by atoms with E-state index < -0.39 is 34.5 Å². The fourth-order valence-electron chi connectivity index (χ4n) is 6.60. The number of benzene rings is 2. The van der Waals surface area contributed by atoms with Gasteiger partial charge in [-0.15, -0.1) is 0 Å². The zero-order valence-electron chi connectivity index (χ0n) is 22.6. The summed E-state index contributed by atoms with van der Waals surface area (Å²) in [7, 11) is 0. The number of unbranched alkanes of at least 4 members (excludes halogenated alkanes) is 1. The van der Waals surface area contributed by atoms with Gasteiger partial charge in [0.2, 0.25) is 5.82 Å². The van der Waals surface area contributed by atoms with Crippen molar-refractivity contribution in [2.75, 3.05) is 13.2 Å². The zero-order valence-corrected chi connectivity index (χ0v) is 22.6. The zero-order chi connectivity index (χ0) is 27.3. The molecule has 2 aromatic carbocycles. The highest BCUT2D eigenvalue weighted by Gasteiger charge is 2.39. The topological polar surface area (TPSA) is 18.5 Å². The van der Waals surface area contributed by atoms with Gasteiger partial charge in [-0.3, -0.25) is 0 Å². The van der Waals surface area contributed by atoms with Crippen molar-refractivity contribution >= 4 is 10.8 Å². The number of fused-ring (bicyclic) bond motifs is 1. The van der Waals surface area contributed by atoms with Crippen LogP contribution in [0.15, 0.2) is 18.2 Å². The van der Waals surface area contributed by atoms with Crippen LogP contribution in [0.25, 0.3) is 10.8 Å². The van der Waals surface area contributed by atoms with Gasteiger partial charge in [0, 0.05) is 5.39 Å². The van der Waals surface area contributed by atoms with Crippen LogP contribution in [0.5, 0.6) is 11.5 Å². The van der Waals surface area contributed by atoms with E-state index in [1.807, 2.05) is 6.92 Å².